The minimum atomic E-state index is -0.170. The summed E-state index contributed by atoms with van der Waals surface area (Å²) >= 11 is 0. The molecular formula is C12H12N4O. The highest BCUT2D eigenvalue weighted by Crippen LogP contribution is 2.06. The van der Waals surface area contributed by atoms with Gasteiger partial charge in [0, 0.05) is 17.4 Å². The predicted octanol–water partition coefficient (Wildman–Crippen LogP) is 0.989. The second kappa shape index (κ2) is 5.07. The summed E-state index contributed by atoms with van der Waals surface area (Å²) < 4.78 is 0. The fourth-order valence-corrected chi connectivity index (χ4v) is 1.38. The summed E-state index contributed by atoms with van der Waals surface area (Å²) in [5.74, 6) is -0.170. The predicted molar refractivity (Wildman–Crippen MR) is 64.1 cm³/mol. The SMILES string of the molecule is Nc1cccc(C(=O)NCc2ccncn2)c1. The third kappa shape index (κ3) is 3.01. The minimum absolute atomic E-state index is 0.170. The van der Waals surface area contributed by atoms with Crippen molar-refractivity contribution in [3.8, 4) is 0 Å². The van der Waals surface area contributed by atoms with Crippen LogP contribution in [0.1, 0.15) is 16.1 Å². The molecule has 0 radical (unpaired) electrons. The summed E-state index contributed by atoms with van der Waals surface area (Å²) in [5, 5.41) is 2.76. The molecule has 17 heavy (non-hydrogen) atoms. The number of anilines is 1. The van der Waals surface area contributed by atoms with Crippen molar-refractivity contribution in [1.29, 1.82) is 0 Å². The molecule has 0 saturated carbocycles. The van der Waals surface area contributed by atoms with E-state index in [0.717, 1.165) is 5.69 Å². The fraction of sp³-hybridized carbons (Fsp3) is 0.0833. The third-order valence-electron chi connectivity index (χ3n) is 2.22. The Morgan fingerprint density at radius 1 is 1.35 bits per heavy atom. The van der Waals surface area contributed by atoms with Crippen LogP contribution in [-0.2, 0) is 6.54 Å². The number of carbonyl (C=O) groups excluding carboxylic acids is 1. The van der Waals surface area contributed by atoms with E-state index in [2.05, 4.69) is 15.3 Å². The molecule has 5 heteroatoms. The number of aromatic nitrogens is 2. The molecule has 3 N–H and O–H groups in total. The molecule has 2 aromatic rings. The van der Waals surface area contributed by atoms with Crippen LogP contribution in [0.4, 0.5) is 5.69 Å². The maximum atomic E-state index is 11.8. The zero-order valence-electron chi connectivity index (χ0n) is 9.13. The van der Waals surface area contributed by atoms with Crippen molar-refractivity contribution >= 4 is 11.6 Å². The molecule has 0 aliphatic heterocycles. The molecule has 1 heterocycles. The largest absolute Gasteiger partial charge is 0.399 e. The van der Waals surface area contributed by atoms with Gasteiger partial charge in [0.2, 0.25) is 0 Å². The Morgan fingerprint density at radius 2 is 2.24 bits per heavy atom. The number of rotatable bonds is 3. The Balaban J connectivity index is 1.98. The molecule has 0 aliphatic rings. The van der Waals surface area contributed by atoms with Crippen molar-refractivity contribution in [3.63, 3.8) is 0 Å². The highest BCUT2D eigenvalue weighted by molar-refractivity contribution is 5.94. The maximum Gasteiger partial charge on any atom is 0.251 e. The number of nitrogen functional groups attached to an aromatic ring is 1. The summed E-state index contributed by atoms with van der Waals surface area (Å²) in [6.07, 6.45) is 3.08. The number of hydrogen-bond acceptors (Lipinski definition) is 4. The van der Waals surface area contributed by atoms with Gasteiger partial charge < -0.3 is 11.1 Å². The summed E-state index contributed by atoms with van der Waals surface area (Å²) in [7, 11) is 0. The third-order valence-corrected chi connectivity index (χ3v) is 2.22. The Kier molecular flexibility index (Phi) is 3.30. The van der Waals surface area contributed by atoms with Crippen LogP contribution in [0, 0.1) is 0 Å². The average Bonchev–Trinajstić information content (AvgIpc) is 2.37. The standard InChI is InChI=1S/C12H12N4O/c13-10-3-1-2-9(6-10)12(17)15-7-11-4-5-14-8-16-11/h1-6,8H,7,13H2,(H,15,17). The van der Waals surface area contributed by atoms with Crippen LogP contribution in [0.25, 0.3) is 0 Å². The highest BCUT2D eigenvalue weighted by atomic mass is 16.1. The van der Waals surface area contributed by atoms with Gasteiger partial charge in [-0.15, -0.1) is 0 Å². The Hall–Kier alpha value is -2.43. The van der Waals surface area contributed by atoms with E-state index < -0.39 is 0 Å². The van der Waals surface area contributed by atoms with Gasteiger partial charge in [-0.3, -0.25) is 4.79 Å². The molecule has 86 valence electrons. The zero-order chi connectivity index (χ0) is 12.1. The first-order valence-corrected chi connectivity index (χ1v) is 5.14. The molecule has 2 rings (SSSR count). The Bertz CT molecular complexity index is 513. The van der Waals surface area contributed by atoms with Gasteiger partial charge >= 0.3 is 0 Å². The zero-order valence-corrected chi connectivity index (χ0v) is 9.13. The van der Waals surface area contributed by atoms with Gasteiger partial charge in [0.05, 0.1) is 12.2 Å². The van der Waals surface area contributed by atoms with Gasteiger partial charge in [0.25, 0.3) is 5.91 Å². The number of amides is 1. The topological polar surface area (TPSA) is 80.9 Å². The molecular weight excluding hydrogens is 216 g/mol. The van der Waals surface area contributed by atoms with E-state index in [0.29, 0.717) is 17.8 Å². The van der Waals surface area contributed by atoms with E-state index in [9.17, 15) is 4.79 Å². The summed E-state index contributed by atoms with van der Waals surface area (Å²) in [4.78, 5) is 19.6. The number of nitrogens with two attached hydrogens (primary N) is 1. The van der Waals surface area contributed by atoms with Gasteiger partial charge in [0.15, 0.2) is 0 Å². The van der Waals surface area contributed by atoms with Crippen molar-refractivity contribution in [2.75, 3.05) is 5.73 Å². The molecule has 1 aromatic heterocycles. The summed E-state index contributed by atoms with van der Waals surface area (Å²) in [6, 6.07) is 8.58. The van der Waals surface area contributed by atoms with E-state index in [1.54, 1.807) is 36.5 Å². The molecule has 5 nitrogen and oxygen atoms in total. The van der Waals surface area contributed by atoms with Crippen molar-refractivity contribution in [1.82, 2.24) is 15.3 Å². The number of hydrogen-bond donors (Lipinski definition) is 2. The van der Waals surface area contributed by atoms with Crippen LogP contribution in [-0.4, -0.2) is 15.9 Å². The fourth-order valence-electron chi connectivity index (χ4n) is 1.38. The monoisotopic (exact) mass is 228 g/mol. The summed E-state index contributed by atoms with van der Waals surface area (Å²) in [6.45, 7) is 0.371. The lowest BCUT2D eigenvalue weighted by Crippen LogP contribution is -2.23. The maximum absolute atomic E-state index is 11.8. The van der Waals surface area contributed by atoms with E-state index in [1.165, 1.54) is 6.33 Å². The van der Waals surface area contributed by atoms with Crippen molar-refractivity contribution in [3.05, 3.63) is 54.1 Å². The number of nitrogens with one attached hydrogen (secondary N) is 1. The summed E-state index contributed by atoms with van der Waals surface area (Å²) in [5.41, 5.74) is 7.47. The second-order valence-electron chi connectivity index (χ2n) is 3.51. The van der Waals surface area contributed by atoms with Crippen LogP contribution >= 0.6 is 0 Å². The number of nitrogens with zero attached hydrogens (tertiary/aromatic N) is 2. The second-order valence-corrected chi connectivity index (χ2v) is 3.51. The lowest BCUT2D eigenvalue weighted by atomic mass is 10.2. The van der Waals surface area contributed by atoms with Crippen LogP contribution in [0.2, 0.25) is 0 Å². The van der Waals surface area contributed by atoms with E-state index >= 15 is 0 Å². The first-order chi connectivity index (χ1) is 8.25. The molecule has 0 aliphatic carbocycles. The smallest absolute Gasteiger partial charge is 0.251 e. The Labute approximate surface area is 98.7 Å². The minimum Gasteiger partial charge on any atom is -0.399 e. The van der Waals surface area contributed by atoms with Crippen LogP contribution in [0.15, 0.2) is 42.9 Å². The van der Waals surface area contributed by atoms with Crippen LogP contribution < -0.4 is 11.1 Å². The van der Waals surface area contributed by atoms with Gasteiger partial charge in [-0.2, -0.15) is 0 Å². The molecule has 0 bridgehead atoms. The number of benzene rings is 1. The van der Waals surface area contributed by atoms with Gasteiger partial charge in [-0.25, -0.2) is 9.97 Å². The van der Waals surface area contributed by atoms with Crippen molar-refractivity contribution in [2.24, 2.45) is 0 Å². The molecule has 0 spiro atoms. The van der Waals surface area contributed by atoms with Gasteiger partial charge in [-0.05, 0) is 24.3 Å². The normalized spacial score (nSPS) is 9.88. The van der Waals surface area contributed by atoms with Crippen LogP contribution in [0.5, 0.6) is 0 Å². The average molecular weight is 228 g/mol. The van der Waals surface area contributed by atoms with Crippen LogP contribution in [0.3, 0.4) is 0 Å². The lowest BCUT2D eigenvalue weighted by Gasteiger charge is -2.04. The molecule has 0 atom stereocenters. The lowest BCUT2D eigenvalue weighted by molar-refractivity contribution is 0.0950. The first-order valence-electron chi connectivity index (χ1n) is 5.14. The van der Waals surface area contributed by atoms with E-state index in [1.807, 2.05) is 0 Å². The highest BCUT2D eigenvalue weighted by Gasteiger charge is 2.05. The first kappa shape index (κ1) is 11.1. The molecule has 0 saturated heterocycles. The quantitative estimate of drug-likeness (QED) is 0.767. The molecule has 0 fully saturated rings. The van der Waals surface area contributed by atoms with Crippen molar-refractivity contribution < 1.29 is 4.79 Å². The number of carbonyl (C=O) groups is 1. The van der Waals surface area contributed by atoms with Gasteiger partial charge in [-0.1, -0.05) is 6.07 Å². The van der Waals surface area contributed by atoms with E-state index in [-0.39, 0.29) is 5.91 Å². The van der Waals surface area contributed by atoms with Crippen molar-refractivity contribution in [2.45, 2.75) is 6.54 Å². The molecule has 0 unspecified atom stereocenters. The molecule has 1 amide bonds. The Morgan fingerprint density at radius 3 is 2.94 bits per heavy atom. The van der Waals surface area contributed by atoms with Gasteiger partial charge in [0.1, 0.15) is 6.33 Å². The molecule has 1 aromatic carbocycles. The van der Waals surface area contributed by atoms with E-state index in [4.69, 9.17) is 5.73 Å².